The molecule has 1 atom stereocenters. The molecular weight excluding hydrogens is 422 g/mol. The van der Waals surface area contributed by atoms with Gasteiger partial charge in [-0.1, -0.05) is 12.1 Å². The number of nitrogens with zero attached hydrogens (tertiary/aromatic N) is 2. The van der Waals surface area contributed by atoms with Gasteiger partial charge < -0.3 is 20.1 Å². The van der Waals surface area contributed by atoms with E-state index in [0.717, 1.165) is 12.1 Å². The first-order valence-corrected chi connectivity index (χ1v) is 9.71. The Kier molecular flexibility index (Phi) is 6.20. The third-order valence-electron chi connectivity index (χ3n) is 4.78. The zero-order chi connectivity index (χ0) is 22.5. The van der Waals surface area contributed by atoms with E-state index in [9.17, 15) is 18.4 Å². The van der Waals surface area contributed by atoms with Gasteiger partial charge in [0.25, 0.3) is 5.91 Å². The lowest BCUT2D eigenvalue weighted by molar-refractivity contribution is 0.102. The molecule has 0 spiro atoms. The number of alkyl carbamates (subject to hydrolysis) is 1. The highest BCUT2D eigenvalue weighted by Gasteiger charge is 2.27. The van der Waals surface area contributed by atoms with E-state index >= 15 is 0 Å². The molecule has 4 rings (SSSR count). The Balaban J connectivity index is 1.46. The maximum absolute atomic E-state index is 13.4. The second-order valence-corrected chi connectivity index (χ2v) is 6.92. The largest absolute Gasteiger partial charge is 0.492 e. The van der Waals surface area contributed by atoms with Crippen LogP contribution < -0.4 is 15.4 Å². The first kappa shape index (κ1) is 21.2. The number of fused-ring (bicyclic) bond motifs is 1. The van der Waals surface area contributed by atoms with Gasteiger partial charge in [0, 0.05) is 29.9 Å². The number of aromatic nitrogens is 2. The summed E-state index contributed by atoms with van der Waals surface area (Å²) in [5.74, 6) is -2.33. The third-order valence-corrected chi connectivity index (χ3v) is 4.78. The van der Waals surface area contributed by atoms with E-state index in [4.69, 9.17) is 9.47 Å². The fraction of sp³-hybridized carbons (Fsp3) is 0.182. The Bertz CT molecular complexity index is 1140. The molecule has 0 fully saturated rings. The zero-order valence-electron chi connectivity index (χ0n) is 16.7. The summed E-state index contributed by atoms with van der Waals surface area (Å²) in [4.78, 5) is 32.8. The summed E-state index contributed by atoms with van der Waals surface area (Å²) in [6, 6.07) is 9.19. The van der Waals surface area contributed by atoms with Gasteiger partial charge in [0.1, 0.15) is 18.7 Å². The third kappa shape index (κ3) is 4.80. The van der Waals surface area contributed by atoms with Crippen molar-refractivity contribution in [3.8, 4) is 5.75 Å². The Morgan fingerprint density at radius 2 is 2.03 bits per heavy atom. The molecule has 0 radical (unpaired) electrons. The van der Waals surface area contributed by atoms with E-state index in [2.05, 4.69) is 20.6 Å². The summed E-state index contributed by atoms with van der Waals surface area (Å²) in [5, 5.41) is 5.29. The molecule has 1 aliphatic rings. The smallest absolute Gasteiger partial charge is 0.408 e. The molecule has 8 nitrogen and oxygen atoms in total. The molecular formula is C22H18F2N4O4. The van der Waals surface area contributed by atoms with Crippen LogP contribution in [0.15, 0.2) is 55.0 Å². The number of rotatable bonds is 5. The fourth-order valence-electron chi connectivity index (χ4n) is 3.25. The van der Waals surface area contributed by atoms with E-state index in [0.29, 0.717) is 23.4 Å². The minimum Gasteiger partial charge on any atom is -0.492 e. The number of halogens is 2. The molecule has 0 bridgehead atoms. The lowest BCUT2D eigenvalue weighted by Gasteiger charge is -2.27. The highest BCUT2D eigenvalue weighted by molar-refractivity contribution is 6.06. The number of benzene rings is 2. The molecule has 2 aromatic carbocycles. The van der Waals surface area contributed by atoms with Crippen molar-refractivity contribution in [2.24, 2.45) is 0 Å². The number of ether oxygens (including phenoxy) is 2. The van der Waals surface area contributed by atoms with Gasteiger partial charge in [-0.3, -0.25) is 4.79 Å². The summed E-state index contributed by atoms with van der Waals surface area (Å²) in [6.45, 7) is 0.250. The Hall–Kier alpha value is -4.08. The summed E-state index contributed by atoms with van der Waals surface area (Å²) >= 11 is 0. The number of hydrogen-bond acceptors (Lipinski definition) is 6. The van der Waals surface area contributed by atoms with Gasteiger partial charge in [-0.2, -0.15) is 0 Å². The molecule has 3 aromatic rings. The van der Waals surface area contributed by atoms with E-state index in [-0.39, 0.29) is 24.5 Å². The number of nitrogens with one attached hydrogen (secondary N) is 2. The summed E-state index contributed by atoms with van der Waals surface area (Å²) in [7, 11) is 0. The Morgan fingerprint density at radius 1 is 1.16 bits per heavy atom. The van der Waals surface area contributed by atoms with Crippen molar-refractivity contribution in [1.82, 2.24) is 15.3 Å². The van der Waals surface area contributed by atoms with E-state index in [1.54, 1.807) is 30.5 Å². The number of para-hydroxylation sites is 1. The van der Waals surface area contributed by atoms with Crippen LogP contribution in [-0.4, -0.2) is 28.6 Å². The summed E-state index contributed by atoms with van der Waals surface area (Å²) < 4.78 is 37.5. The molecule has 2 amide bonds. The van der Waals surface area contributed by atoms with Crippen LogP contribution in [0.5, 0.6) is 5.75 Å². The van der Waals surface area contributed by atoms with Crippen LogP contribution in [0.2, 0.25) is 0 Å². The van der Waals surface area contributed by atoms with Gasteiger partial charge in [0.2, 0.25) is 0 Å². The highest BCUT2D eigenvalue weighted by atomic mass is 19.2. The standard InChI is InChI=1S/C22H18F2N4O4/c23-17-5-4-13(10-18(17)24)27-21(29)16-3-1-2-15-19(7-9-31-20(15)16)28-22(30)32-11-14-6-8-25-12-26-14/h1-6,8,10,12,19H,7,9,11H2,(H,27,29)(H,28,30)/t19-/m0/s1. The van der Waals surface area contributed by atoms with Crippen molar-refractivity contribution in [2.45, 2.75) is 19.1 Å². The van der Waals surface area contributed by atoms with Crippen molar-refractivity contribution >= 4 is 17.7 Å². The SMILES string of the molecule is O=C(N[C@H]1CCOc2c(C(=O)Nc3ccc(F)c(F)c3)cccc21)OCc1ccncn1. The lowest BCUT2D eigenvalue weighted by atomic mass is 9.97. The molecule has 1 aliphatic heterocycles. The van der Waals surface area contributed by atoms with Crippen LogP contribution in [0.4, 0.5) is 19.3 Å². The molecule has 0 saturated carbocycles. The van der Waals surface area contributed by atoms with Crippen LogP contribution in [0.25, 0.3) is 0 Å². The number of carbonyl (C=O) groups excluding carboxylic acids is 2. The first-order chi connectivity index (χ1) is 15.5. The van der Waals surface area contributed by atoms with Crippen LogP contribution in [0.1, 0.15) is 34.1 Å². The van der Waals surface area contributed by atoms with Crippen molar-refractivity contribution in [3.05, 3.63) is 83.4 Å². The van der Waals surface area contributed by atoms with Gasteiger partial charge in [0.15, 0.2) is 11.6 Å². The molecule has 0 unspecified atom stereocenters. The number of hydrogen-bond donors (Lipinski definition) is 2. The van der Waals surface area contributed by atoms with Gasteiger partial charge in [-0.15, -0.1) is 0 Å². The monoisotopic (exact) mass is 440 g/mol. The van der Waals surface area contributed by atoms with Gasteiger partial charge in [-0.05, 0) is 24.3 Å². The lowest BCUT2D eigenvalue weighted by Crippen LogP contribution is -2.33. The van der Waals surface area contributed by atoms with Gasteiger partial charge >= 0.3 is 6.09 Å². The molecule has 2 heterocycles. The van der Waals surface area contributed by atoms with Crippen molar-refractivity contribution in [2.75, 3.05) is 11.9 Å². The second-order valence-electron chi connectivity index (χ2n) is 6.92. The number of carbonyl (C=O) groups is 2. The average Bonchev–Trinajstić information content (AvgIpc) is 2.80. The minimum absolute atomic E-state index is 0.0128. The summed E-state index contributed by atoms with van der Waals surface area (Å²) in [6.07, 6.45) is 2.74. The minimum atomic E-state index is -1.07. The van der Waals surface area contributed by atoms with Gasteiger partial charge in [-0.25, -0.2) is 23.5 Å². The molecule has 2 N–H and O–H groups in total. The summed E-state index contributed by atoms with van der Waals surface area (Å²) in [5.41, 5.74) is 1.46. The van der Waals surface area contributed by atoms with E-state index in [1.165, 1.54) is 12.4 Å². The molecule has 164 valence electrons. The fourth-order valence-corrected chi connectivity index (χ4v) is 3.25. The first-order valence-electron chi connectivity index (χ1n) is 9.71. The predicted molar refractivity (Wildman–Crippen MR) is 109 cm³/mol. The Labute approximate surface area is 181 Å². The van der Waals surface area contributed by atoms with Crippen molar-refractivity contribution in [3.63, 3.8) is 0 Å². The molecule has 0 aliphatic carbocycles. The van der Waals surface area contributed by atoms with E-state index < -0.39 is 29.7 Å². The number of anilines is 1. The molecule has 32 heavy (non-hydrogen) atoms. The maximum atomic E-state index is 13.4. The number of amides is 2. The zero-order valence-corrected chi connectivity index (χ0v) is 16.7. The average molecular weight is 440 g/mol. The van der Waals surface area contributed by atoms with Crippen molar-refractivity contribution in [1.29, 1.82) is 0 Å². The topological polar surface area (TPSA) is 102 Å². The Morgan fingerprint density at radius 3 is 2.81 bits per heavy atom. The van der Waals surface area contributed by atoms with Gasteiger partial charge in [0.05, 0.1) is 23.9 Å². The van der Waals surface area contributed by atoms with E-state index in [1.807, 2.05) is 0 Å². The van der Waals surface area contributed by atoms with Crippen molar-refractivity contribution < 1.29 is 27.8 Å². The maximum Gasteiger partial charge on any atom is 0.408 e. The molecule has 1 aromatic heterocycles. The second kappa shape index (κ2) is 9.38. The molecule has 0 saturated heterocycles. The van der Waals surface area contributed by atoms with Crippen LogP contribution >= 0.6 is 0 Å². The highest BCUT2D eigenvalue weighted by Crippen LogP contribution is 2.35. The molecule has 10 heteroatoms. The quantitative estimate of drug-likeness (QED) is 0.626. The predicted octanol–water partition coefficient (Wildman–Crippen LogP) is 3.76. The normalized spacial score (nSPS) is 14.6. The van der Waals surface area contributed by atoms with Crippen LogP contribution in [0, 0.1) is 11.6 Å². The van der Waals surface area contributed by atoms with Crippen LogP contribution in [0.3, 0.4) is 0 Å². The van der Waals surface area contributed by atoms with Crippen LogP contribution in [-0.2, 0) is 11.3 Å².